The Kier molecular flexibility index (Phi) is 3.88. The molecule has 1 amide bonds. The predicted molar refractivity (Wildman–Crippen MR) is 92.3 cm³/mol. The van der Waals surface area contributed by atoms with Gasteiger partial charge in [0.2, 0.25) is 6.79 Å². The number of hydrogen-bond donors (Lipinski definition) is 2. The second-order valence-electron chi connectivity index (χ2n) is 5.32. The Morgan fingerprint density at radius 2 is 1.64 bits per heavy atom. The number of ether oxygens (including phenoxy) is 2. The number of benzene rings is 2. The zero-order chi connectivity index (χ0) is 17.1. The van der Waals surface area contributed by atoms with Crippen molar-refractivity contribution in [2.45, 2.75) is 0 Å². The van der Waals surface area contributed by atoms with E-state index < -0.39 is 0 Å². The first-order valence-corrected chi connectivity index (χ1v) is 7.65. The molecule has 0 radical (unpaired) electrons. The largest absolute Gasteiger partial charge is 0.454 e. The van der Waals surface area contributed by atoms with Crippen molar-refractivity contribution < 1.29 is 14.3 Å². The number of rotatable bonds is 4. The normalized spacial score (nSPS) is 11.8. The van der Waals surface area contributed by atoms with E-state index in [9.17, 15) is 4.79 Å². The van der Waals surface area contributed by atoms with E-state index in [0.717, 1.165) is 11.4 Å². The van der Waals surface area contributed by atoms with Crippen molar-refractivity contribution in [1.82, 2.24) is 10.2 Å². The van der Waals surface area contributed by atoms with Crippen LogP contribution >= 0.6 is 0 Å². The molecule has 1 aliphatic heterocycles. The molecule has 0 aliphatic carbocycles. The van der Waals surface area contributed by atoms with Crippen molar-refractivity contribution in [1.29, 1.82) is 0 Å². The lowest BCUT2D eigenvalue weighted by atomic mass is 10.2. The van der Waals surface area contributed by atoms with Crippen molar-refractivity contribution in [3.63, 3.8) is 0 Å². The molecule has 3 aromatic rings. The summed E-state index contributed by atoms with van der Waals surface area (Å²) in [6.45, 7) is 0.231. The second kappa shape index (κ2) is 6.48. The van der Waals surface area contributed by atoms with Gasteiger partial charge in [-0.05, 0) is 36.4 Å². The van der Waals surface area contributed by atoms with E-state index in [1.54, 1.807) is 36.4 Å². The Morgan fingerprint density at radius 3 is 2.44 bits per heavy atom. The van der Waals surface area contributed by atoms with Crippen LogP contribution in [0.25, 0.3) is 0 Å². The van der Waals surface area contributed by atoms with Crippen LogP contribution < -0.4 is 20.1 Å². The lowest BCUT2D eigenvalue weighted by Crippen LogP contribution is -2.13. The average Bonchev–Trinajstić information content (AvgIpc) is 3.12. The topological polar surface area (TPSA) is 85.4 Å². The average molecular weight is 334 g/mol. The third-order valence-corrected chi connectivity index (χ3v) is 3.59. The number of fused-ring (bicyclic) bond motifs is 1. The summed E-state index contributed by atoms with van der Waals surface area (Å²) < 4.78 is 10.6. The summed E-state index contributed by atoms with van der Waals surface area (Å²) in [7, 11) is 0. The maximum absolute atomic E-state index is 12.1. The van der Waals surface area contributed by atoms with Gasteiger partial charge in [0, 0.05) is 17.3 Å². The molecule has 1 aliphatic rings. The van der Waals surface area contributed by atoms with Crippen molar-refractivity contribution in [2.75, 3.05) is 17.4 Å². The smallest absolute Gasteiger partial charge is 0.256 e. The Bertz CT molecular complexity index is 898. The molecule has 1 aromatic heterocycles. The maximum atomic E-state index is 12.1. The molecule has 4 rings (SSSR count). The van der Waals surface area contributed by atoms with Gasteiger partial charge in [0.1, 0.15) is 0 Å². The van der Waals surface area contributed by atoms with Gasteiger partial charge in [-0.25, -0.2) is 0 Å². The molecule has 0 spiro atoms. The fourth-order valence-corrected chi connectivity index (χ4v) is 2.37. The molecule has 0 atom stereocenters. The van der Waals surface area contributed by atoms with Crippen LogP contribution in [-0.2, 0) is 0 Å². The van der Waals surface area contributed by atoms with Crippen LogP contribution in [0.2, 0.25) is 0 Å². The monoisotopic (exact) mass is 334 g/mol. The van der Waals surface area contributed by atoms with Gasteiger partial charge in [0.15, 0.2) is 23.1 Å². The van der Waals surface area contributed by atoms with Gasteiger partial charge < -0.3 is 20.1 Å². The molecule has 2 aromatic carbocycles. The molecule has 0 unspecified atom stereocenters. The summed E-state index contributed by atoms with van der Waals surface area (Å²) in [5, 5.41) is 13.9. The van der Waals surface area contributed by atoms with E-state index >= 15 is 0 Å². The molecule has 2 N–H and O–H groups in total. The van der Waals surface area contributed by atoms with Crippen LogP contribution in [0.15, 0.2) is 60.7 Å². The molecular weight excluding hydrogens is 320 g/mol. The molecule has 0 fully saturated rings. The lowest BCUT2D eigenvalue weighted by molar-refractivity contribution is 0.102. The second-order valence-corrected chi connectivity index (χ2v) is 5.32. The van der Waals surface area contributed by atoms with Crippen molar-refractivity contribution in [3.05, 3.63) is 66.2 Å². The summed E-state index contributed by atoms with van der Waals surface area (Å²) in [6, 6.07) is 17.9. The van der Waals surface area contributed by atoms with E-state index in [4.69, 9.17) is 9.47 Å². The molecule has 0 saturated carbocycles. The highest BCUT2D eigenvalue weighted by Gasteiger charge is 2.13. The molecule has 7 nitrogen and oxygen atoms in total. The first kappa shape index (κ1) is 14.9. The highest BCUT2D eigenvalue weighted by atomic mass is 16.7. The summed E-state index contributed by atoms with van der Waals surface area (Å²) in [6.07, 6.45) is 0. The van der Waals surface area contributed by atoms with E-state index in [1.807, 2.05) is 24.3 Å². The minimum atomic E-state index is -0.230. The quantitative estimate of drug-likeness (QED) is 0.762. The molecule has 7 heteroatoms. The standard InChI is InChI=1S/C18H14N4O3/c23-18(12-4-2-1-3-5-12)20-17-9-8-16(21-22-17)19-13-6-7-14-15(10-13)25-11-24-14/h1-10H,11H2,(H,19,21)(H,20,22,23). The number of carbonyl (C=O) groups excluding carboxylic acids is 1. The highest BCUT2D eigenvalue weighted by Crippen LogP contribution is 2.34. The number of anilines is 3. The molecular formula is C18H14N4O3. The SMILES string of the molecule is O=C(Nc1ccc(Nc2ccc3c(c2)OCO3)nn1)c1ccccc1. The number of hydrogen-bond acceptors (Lipinski definition) is 6. The van der Waals surface area contributed by atoms with Crippen molar-refractivity contribution in [3.8, 4) is 11.5 Å². The summed E-state index contributed by atoms with van der Waals surface area (Å²) in [4.78, 5) is 12.1. The fourth-order valence-electron chi connectivity index (χ4n) is 2.37. The van der Waals surface area contributed by atoms with Crippen molar-refractivity contribution >= 4 is 23.2 Å². The molecule has 25 heavy (non-hydrogen) atoms. The number of aromatic nitrogens is 2. The number of nitrogens with one attached hydrogen (secondary N) is 2. The first-order chi connectivity index (χ1) is 12.3. The maximum Gasteiger partial charge on any atom is 0.256 e. The highest BCUT2D eigenvalue weighted by molar-refractivity contribution is 6.03. The van der Waals surface area contributed by atoms with Gasteiger partial charge in [0.05, 0.1) is 0 Å². The molecule has 0 saturated heterocycles. The van der Waals surface area contributed by atoms with Crippen LogP contribution in [-0.4, -0.2) is 22.9 Å². The van der Waals surface area contributed by atoms with E-state index in [2.05, 4.69) is 20.8 Å². The minimum Gasteiger partial charge on any atom is -0.454 e. The lowest BCUT2D eigenvalue weighted by Gasteiger charge is -2.07. The van der Waals surface area contributed by atoms with Gasteiger partial charge in [-0.2, -0.15) is 0 Å². The molecule has 124 valence electrons. The zero-order valence-corrected chi connectivity index (χ0v) is 13.1. The van der Waals surface area contributed by atoms with Gasteiger partial charge in [-0.3, -0.25) is 4.79 Å². The van der Waals surface area contributed by atoms with E-state index in [0.29, 0.717) is 22.9 Å². The van der Waals surface area contributed by atoms with Crippen LogP contribution in [0.1, 0.15) is 10.4 Å². The molecule has 0 bridgehead atoms. The summed E-state index contributed by atoms with van der Waals surface area (Å²) >= 11 is 0. The van der Waals surface area contributed by atoms with Gasteiger partial charge in [-0.15, -0.1) is 10.2 Å². The zero-order valence-electron chi connectivity index (χ0n) is 13.1. The Morgan fingerprint density at radius 1 is 0.880 bits per heavy atom. The van der Waals surface area contributed by atoms with Gasteiger partial charge >= 0.3 is 0 Å². The number of amides is 1. The predicted octanol–water partition coefficient (Wildman–Crippen LogP) is 3.20. The fraction of sp³-hybridized carbons (Fsp3) is 0.0556. The van der Waals surface area contributed by atoms with E-state index in [-0.39, 0.29) is 12.7 Å². The summed E-state index contributed by atoms with van der Waals surface area (Å²) in [5.74, 6) is 2.10. The number of nitrogens with zero attached hydrogens (tertiary/aromatic N) is 2. The number of carbonyl (C=O) groups is 1. The van der Waals surface area contributed by atoms with E-state index in [1.165, 1.54) is 0 Å². The van der Waals surface area contributed by atoms with Crippen LogP contribution in [0.3, 0.4) is 0 Å². The Hall–Kier alpha value is -3.61. The van der Waals surface area contributed by atoms with Crippen LogP contribution in [0, 0.1) is 0 Å². The van der Waals surface area contributed by atoms with Crippen LogP contribution in [0.4, 0.5) is 17.3 Å². The van der Waals surface area contributed by atoms with Gasteiger partial charge in [0.25, 0.3) is 5.91 Å². The Labute approximate surface area is 143 Å². The third-order valence-electron chi connectivity index (χ3n) is 3.59. The first-order valence-electron chi connectivity index (χ1n) is 7.65. The summed E-state index contributed by atoms with van der Waals surface area (Å²) in [5.41, 5.74) is 1.37. The molecule has 2 heterocycles. The Balaban J connectivity index is 1.42. The van der Waals surface area contributed by atoms with Crippen LogP contribution in [0.5, 0.6) is 11.5 Å². The minimum absolute atomic E-state index is 0.230. The van der Waals surface area contributed by atoms with Crippen molar-refractivity contribution in [2.24, 2.45) is 0 Å². The third kappa shape index (κ3) is 3.35. The van der Waals surface area contributed by atoms with Gasteiger partial charge in [-0.1, -0.05) is 18.2 Å².